The van der Waals surface area contributed by atoms with Crippen LogP contribution in [0.25, 0.3) is 0 Å². The minimum atomic E-state index is -0.616. The van der Waals surface area contributed by atoms with Crippen LogP contribution in [0.4, 0.5) is 0 Å². The van der Waals surface area contributed by atoms with Crippen LogP contribution in [0.15, 0.2) is 46.6 Å². The number of amides is 1. The quantitative estimate of drug-likeness (QED) is 0.802. The third kappa shape index (κ3) is 2.50. The molecule has 2 aliphatic rings. The number of amidine groups is 1. The van der Waals surface area contributed by atoms with Gasteiger partial charge in [0.2, 0.25) is 0 Å². The van der Waals surface area contributed by atoms with Gasteiger partial charge >= 0.3 is 12.0 Å². The van der Waals surface area contributed by atoms with Crippen LogP contribution in [0.5, 0.6) is 0 Å². The number of carbonyl (C=O) groups is 2. The fourth-order valence-electron chi connectivity index (χ4n) is 2.82. The molecule has 0 spiro atoms. The number of nitrogens with zero attached hydrogens (tertiary/aromatic N) is 2. The summed E-state index contributed by atoms with van der Waals surface area (Å²) in [6, 6.07) is 9.01. The molecule has 2 unspecified atom stereocenters. The number of aliphatic imine (C=N–C) groups is 1. The molecule has 1 amide bonds. The van der Waals surface area contributed by atoms with E-state index in [1.807, 2.05) is 30.3 Å². The van der Waals surface area contributed by atoms with E-state index in [4.69, 9.17) is 9.47 Å². The molecule has 0 aliphatic carbocycles. The smallest absolute Gasteiger partial charge is 0.338 e. The van der Waals surface area contributed by atoms with Gasteiger partial charge in [-0.3, -0.25) is 9.69 Å². The Balaban J connectivity index is 2.14. The largest absolute Gasteiger partial charge is 0.463 e. The molecule has 0 radical (unpaired) electrons. The predicted molar refractivity (Wildman–Crippen MR) is 83.3 cm³/mol. The topological polar surface area (TPSA) is 68.2 Å². The lowest BCUT2D eigenvalue weighted by Crippen LogP contribution is -2.40. The second kappa shape index (κ2) is 5.87. The summed E-state index contributed by atoms with van der Waals surface area (Å²) >= 11 is 0. The van der Waals surface area contributed by atoms with Crippen molar-refractivity contribution in [2.75, 3.05) is 6.61 Å². The number of esters is 1. The Morgan fingerprint density at radius 1 is 1.35 bits per heavy atom. The molecule has 0 N–H and O–H groups in total. The van der Waals surface area contributed by atoms with E-state index in [9.17, 15) is 9.59 Å². The zero-order chi connectivity index (χ0) is 16.6. The number of ether oxygens (including phenoxy) is 2. The fraction of sp³-hybridized carbons (Fsp3) is 0.353. The van der Waals surface area contributed by atoms with Crippen LogP contribution < -0.4 is 0 Å². The van der Waals surface area contributed by atoms with Gasteiger partial charge in [-0.25, -0.2) is 9.79 Å². The average Bonchev–Trinajstić information content (AvgIpc) is 2.81. The van der Waals surface area contributed by atoms with Gasteiger partial charge in [0.25, 0.3) is 5.91 Å². The first-order valence-electron chi connectivity index (χ1n) is 7.55. The summed E-state index contributed by atoms with van der Waals surface area (Å²) in [7, 11) is 0. The average molecular weight is 314 g/mol. The van der Waals surface area contributed by atoms with E-state index in [1.165, 1.54) is 4.90 Å². The first kappa shape index (κ1) is 15.3. The standard InChI is InChI=1S/C17H18N2O4/c1-4-22-16(21)13-10(2)18-17-19(15(20)11(3)23-17)14(13)12-8-6-5-7-9-12/h5-9,11,14H,4H2,1-3H3. The Morgan fingerprint density at radius 3 is 2.70 bits per heavy atom. The summed E-state index contributed by atoms with van der Waals surface area (Å²) in [6.07, 6.45) is -0.616. The number of hydrogen-bond donors (Lipinski definition) is 0. The highest BCUT2D eigenvalue weighted by Crippen LogP contribution is 2.38. The van der Waals surface area contributed by atoms with Crippen LogP contribution >= 0.6 is 0 Å². The van der Waals surface area contributed by atoms with Gasteiger partial charge in [-0.1, -0.05) is 30.3 Å². The zero-order valence-corrected chi connectivity index (χ0v) is 13.3. The Morgan fingerprint density at radius 2 is 2.04 bits per heavy atom. The van der Waals surface area contributed by atoms with Crippen molar-refractivity contribution in [3.05, 3.63) is 47.2 Å². The maximum Gasteiger partial charge on any atom is 0.338 e. The maximum atomic E-state index is 12.5. The summed E-state index contributed by atoms with van der Waals surface area (Å²) < 4.78 is 10.7. The summed E-state index contributed by atoms with van der Waals surface area (Å²) in [5.41, 5.74) is 1.69. The van der Waals surface area contributed by atoms with E-state index in [0.29, 0.717) is 11.3 Å². The van der Waals surface area contributed by atoms with E-state index < -0.39 is 18.1 Å². The van der Waals surface area contributed by atoms with Crippen LogP contribution in [0.1, 0.15) is 32.4 Å². The molecule has 6 nitrogen and oxygen atoms in total. The van der Waals surface area contributed by atoms with E-state index >= 15 is 0 Å². The SMILES string of the molecule is CCOC(=O)C1=C(C)N=C2OC(C)C(=O)N2C1c1ccccc1. The van der Waals surface area contributed by atoms with Crippen molar-refractivity contribution in [2.45, 2.75) is 32.9 Å². The summed E-state index contributed by atoms with van der Waals surface area (Å²) in [4.78, 5) is 30.7. The highest BCUT2D eigenvalue weighted by atomic mass is 16.5. The molecule has 120 valence electrons. The molecule has 1 aromatic rings. The van der Waals surface area contributed by atoms with Gasteiger partial charge in [0.05, 0.1) is 17.9 Å². The molecule has 2 aliphatic heterocycles. The Labute approximate surface area is 134 Å². The predicted octanol–water partition coefficient (Wildman–Crippen LogP) is 2.18. The molecule has 1 saturated heterocycles. The molecule has 2 atom stereocenters. The van der Waals surface area contributed by atoms with Gasteiger partial charge in [0.15, 0.2) is 6.10 Å². The highest BCUT2D eigenvalue weighted by Gasteiger charge is 2.47. The number of allylic oxidation sites excluding steroid dienone is 1. The third-order valence-corrected chi connectivity index (χ3v) is 3.87. The lowest BCUT2D eigenvalue weighted by Gasteiger charge is -2.31. The van der Waals surface area contributed by atoms with Crippen molar-refractivity contribution in [1.82, 2.24) is 4.90 Å². The van der Waals surface area contributed by atoms with Crippen molar-refractivity contribution >= 4 is 17.9 Å². The first-order chi connectivity index (χ1) is 11.0. The minimum absolute atomic E-state index is 0.216. The van der Waals surface area contributed by atoms with Crippen LogP contribution in [0.3, 0.4) is 0 Å². The molecule has 1 aromatic carbocycles. The van der Waals surface area contributed by atoms with Crippen molar-refractivity contribution in [3.8, 4) is 0 Å². The monoisotopic (exact) mass is 314 g/mol. The van der Waals surface area contributed by atoms with Gasteiger partial charge in [-0.15, -0.1) is 0 Å². The number of rotatable bonds is 3. The van der Waals surface area contributed by atoms with Crippen LogP contribution in [0, 0.1) is 0 Å². The van der Waals surface area contributed by atoms with Gasteiger partial charge in [-0.05, 0) is 26.3 Å². The molecule has 0 saturated carbocycles. The van der Waals surface area contributed by atoms with E-state index in [1.54, 1.807) is 20.8 Å². The molecule has 0 aromatic heterocycles. The van der Waals surface area contributed by atoms with Crippen LogP contribution in [-0.2, 0) is 19.1 Å². The number of carbonyl (C=O) groups excluding carboxylic acids is 2. The van der Waals surface area contributed by atoms with Gasteiger partial charge in [0, 0.05) is 0 Å². The molecule has 0 bridgehead atoms. The van der Waals surface area contributed by atoms with Gasteiger partial charge in [0.1, 0.15) is 6.04 Å². The zero-order valence-electron chi connectivity index (χ0n) is 13.3. The van der Waals surface area contributed by atoms with Crippen molar-refractivity contribution in [1.29, 1.82) is 0 Å². The highest BCUT2D eigenvalue weighted by molar-refractivity contribution is 6.06. The summed E-state index contributed by atoms with van der Waals surface area (Å²) in [6.45, 7) is 5.40. The molecule has 2 heterocycles. The fourth-order valence-corrected chi connectivity index (χ4v) is 2.82. The second-order valence-corrected chi connectivity index (χ2v) is 5.40. The Kier molecular flexibility index (Phi) is 3.90. The lowest BCUT2D eigenvalue weighted by atomic mass is 9.94. The first-order valence-corrected chi connectivity index (χ1v) is 7.55. The molecular weight excluding hydrogens is 296 g/mol. The Bertz CT molecular complexity index is 709. The number of benzene rings is 1. The molecule has 3 rings (SSSR count). The lowest BCUT2D eigenvalue weighted by molar-refractivity contribution is -0.139. The molecule has 6 heteroatoms. The van der Waals surface area contributed by atoms with E-state index in [0.717, 1.165) is 5.56 Å². The maximum absolute atomic E-state index is 12.5. The molecule has 1 fully saturated rings. The normalized spacial score (nSPS) is 23.3. The number of fused-ring (bicyclic) bond motifs is 1. The number of hydrogen-bond acceptors (Lipinski definition) is 5. The summed E-state index contributed by atoms with van der Waals surface area (Å²) in [5, 5.41) is 0. The van der Waals surface area contributed by atoms with E-state index in [2.05, 4.69) is 4.99 Å². The van der Waals surface area contributed by atoms with E-state index in [-0.39, 0.29) is 18.5 Å². The minimum Gasteiger partial charge on any atom is -0.463 e. The second-order valence-electron chi connectivity index (χ2n) is 5.40. The van der Waals surface area contributed by atoms with Crippen LogP contribution in [-0.4, -0.2) is 35.5 Å². The molecular formula is C17H18N2O4. The summed E-state index contributed by atoms with van der Waals surface area (Å²) in [5.74, 6) is -0.680. The van der Waals surface area contributed by atoms with Crippen molar-refractivity contribution in [2.24, 2.45) is 4.99 Å². The van der Waals surface area contributed by atoms with Gasteiger partial charge < -0.3 is 9.47 Å². The van der Waals surface area contributed by atoms with Crippen LogP contribution in [0.2, 0.25) is 0 Å². The third-order valence-electron chi connectivity index (χ3n) is 3.87. The Hall–Kier alpha value is -2.63. The van der Waals surface area contributed by atoms with Crippen molar-refractivity contribution < 1.29 is 19.1 Å². The van der Waals surface area contributed by atoms with Gasteiger partial charge in [-0.2, -0.15) is 0 Å². The molecule has 23 heavy (non-hydrogen) atoms. The van der Waals surface area contributed by atoms with Crippen molar-refractivity contribution in [3.63, 3.8) is 0 Å².